The van der Waals surface area contributed by atoms with Crippen LogP contribution in [-0.4, -0.2) is 53.5 Å². The predicted octanol–water partition coefficient (Wildman–Crippen LogP) is 6.44. The highest BCUT2D eigenvalue weighted by Gasteiger charge is 2.27. The molecule has 3 aromatic heterocycles. The third-order valence-corrected chi connectivity index (χ3v) is 9.32. The number of benzene rings is 1. The van der Waals surface area contributed by atoms with E-state index in [9.17, 15) is 13.6 Å². The number of aryl methyl sites for hydroxylation is 3. The van der Waals surface area contributed by atoms with Gasteiger partial charge in [-0.1, -0.05) is 19.6 Å². The summed E-state index contributed by atoms with van der Waals surface area (Å²) in [5.74, 6) is 0.431. The number of ether oxygens (including phenoxy) is 1. The van der Waals surface area contributed by atoms with Crippen molar-refractivity contribution >= 4 is 36.4 Å². The monoisotopic (exact) mass is 580 g/mol. The Balaban J connectivity index is 1.57. The lowest BCUT2D eigenvalue weighted by Gasteiger charge is -2.32. The van der Waals surface area contributed by atoms with Gasteiger partial charge in [-0.25, -0.2) is 13.8 Å². The number of carbonyl (C=O) groups is 1. The van der Waals surface area contributed by atoms with Gasteiger partial charge in [-0.05, 0) is 55.1 Å². The Hall–Kier alpha value is -3.57. The number of rotatable bonds is 9. The van der Waals surface area contributed by atoms with Crippen LogP contribution in [0.2, 0.25) is 25.7 Å². The molecular formula is C30H38F2N6O2Si. The van der Waals surface area contributed by atoms with Crippen molar-refractivity contribution in [2.45, 2.75) is 58.6 Å². The summed E-state index contributed by atoms with van der Waals surface area (Å²) >= 11 is 0. The fraction of sp³-hybridized carbons (Fsp3) is 0.433. The zero-order chi connectivity index (χ0) is 29.5. The maximum absolute atomic E-state index is 14.3. The number of pyridine rings is 1. The van der Waals surface area contributed by atoms with E-state index >= 15 is 0 Å². The van der Waals surface area contributed by atoms with Crippen molar-refractivity contribution in [2.24, 2.45) is 7.05 Å². The lowest BCUT2D eigenvalue weighted by molar-refractivity contribution is 0.0895. The summed E-state index contributed by atoms with van der Waals surface area (Å²) in [5, 5.41) is 7.68. The number of fused-ring (bicyclic) bond motifs is 2. The van der Waals surface area contributed by atoms with Crippen LogP contribution in [0, 0.1) is 6.92 Å². The molecule has 0 bridgehead atoms. The van der Waals surface area contributed by atoms with Crippen molar-refractivity contribution in [2.75, 3.05) is 25.1 Å². The summed E-state index contributed by atoms with van der Waals surface area (Å²) in [6.45, 7) is 10.5. The minimum atomic E-state index is -2.65. The second-order valence-corrected chi connectivity index (χ2v) is 17.5. The molecule has 4 aromatic rings. The molecular weight excluding hydrogens is 542 g/mol. The molecule has 41 heavy (non-hydrogen) atoms. The zero-order valence-electron chi connectivity index (χ0n) is 24.6. The van der Waals surface area contributed by atoms with Crippen LogP contribution in [0.5, 0.6) is 0 Å². The largest absolute Gasteiger partial charge is 0.361 e. The Morgan fingerprint density at radius 3 is 2.63 bits per heavy atom. The highest BCUT2D eigenvalue weighted by molar-refractivity contribution is 6.76. The minimum Gasteiger partial charge on any atom is -0.361 e. The van der Waals surface area contributed by atoms with Gasteiger partial charge >= 0.3 is 0 Å². The van der Waals surface area contributed by atoms with Crippen LogP contribution in [0.4, 0.5) is 20.3 Å². The van der Waals surface area contributed by atoms with Crippen LogP contribution < -0.4 is 10.2 Å². The first-order valence-corrected chi connectivity index (χ1v) is 17.7. The topological polar surface area (TPSA) is 77.2 Å². The van der Waals surface area contributed by atoms with E-state index in [1.165, 1.54) is 0 Å². The number of nitrogens with one attached hydrogen (secondary N) is 1. The summed E-state index contributed by atoms with van der Waals surface area (Å²) in [6, 6.07) is 6.42. The SMILES string of the molecule is CNC(=O)c1cn(COCC[Si](C)(C)C)c2c(C)nc(N3CCCc4cc(-c5cnn(C)c5)c(C(F)F)cc43)cc12. The number of aromatic nitrogens is 4. The Morgan fingerprint density at radius 2 is 1.98 bits per heavy atom. The number of hydrogen-bond acceptors (Lipinski definition) is 5. The van der Waals surface area contributed by atoms with Crippen molar-refractivity contribution in [1.29, 1.82) is 0 Å². The van der Waals surface area contributed by atoms with Gasteiger partial charge in [0.2, 0.25) is 0 Å². The maximum Gasteiger partial charge on any atom is 0.264 e. The van der Waals surface area contributed by atoms with E-state index in [0.717, 1.165) is 46.7 Å². The molecule has 0 unspecified atom stereocenters. The van der Waals surface area contributed by atoms with Gasteiger partial charge in [-0.3, -0.25) is 9.48 Å². The lowest BCUT2D eigenvalue weighted by Crippen LogP contribution is -2.26. The first kappa shape index (κ1) is 28.9. The highest BCUT2D eigenvalue weighted by Crippen LogP contribution is 2.41. The average Bonchev–Trinajstić information content (AvgIpc) is 3.52. The van der Waals surface area contributed by atoms with E-state index in [1.807, 2.05) is 34.7 Å². The van der Waals surface area contributed by atoms with E-state index in [-0.39, 0.29) is 11.5 Å². The first-order valence-electron chi connectivity index (χ1n) is 14.0. The second kappa shape index (κ2) is 11.4. The Bertz CT molecular complexity index is 1590. The fourth-order valence-electron chi connectivity index (χ4n) is 5.48. The van der Waals surface area contributed by atoms with E-state index in [2.05, 4.69) is 30.1 Å². The molecule has 4 heterocycles. The number of halogens is 2. The number of nitrogens with zero attached hydrogens (tertiary/aromatic N) is 5. The van der Waals surface area contributed by atoms with Crippen molar-refractivity contribution in [3.8, 4) is 11.1 Å². The summed E-state index contributed by atoms with van der Waals surface area (Å²) < 4.78 is 38.3. The molecule has 0 saturated heterocycles. The van der Waals surface area contributed by atoms with Crippen LogP contribution in [0.25, 0.3) is 22.0 Å². The van der Waals surface area contributed by atoms with Gasteiger partial charge in [0.25, 0.3) is 12.3 Å². The lowest BCUT2D eigenvalue weighted by atomic mass is 9.93. The molecule has 11 heteroatoms. The van der Waals surface area contributed by atoms with Crippen LogP contribution in [-0.2, 0) is 24.9 Å². The molecule has 0 radical (unpaired) electrons. The Morgan fingerprint density at radius 1 is 1.20 bits per heavy atom. The van der Waals surface area contributed by atoms with E-state index in [4.69, 9.17) is 9.72 Å². The summed E-state index contributed by atoms with van der Waals surface area (Å²) in [7, 11) is 2.15. The van der Waals surface area contributed by atoms with Gasteiger partial charge in [0.15, 0.2) is 0 Å². The van der Waals surface area contributed by atoms with E-state index in [1.54, 1.807) is 37.2 Å². The summed E-state index contributed by atoms with van der Waals surface area (Å²) in [5.41, 5.74) is 4.95. The molecule has 1 N–H and O–H groups in total. The number of amides is 1. The Labute approximate surface area is 240 Å². The number of hydrogen-bond donors (Lipinski definition) is 1. The number of anilines is 2. The normalized spacial score (nSPS) is 13.7. The van der Waals surface area contributed by atoms with Gasteiger partial charge in [0.05, 0.1) is 23.0 Å². The molecule has 1 aliphatic heterocycles. The number of alkyl halides is 2. The second-order valence-electron chi connectivity index (χ2n) is 11.9. The minimum absolute atomic E-state index is 0.0332. The predicted molar refractivity (Wildman–Crippen MR) is 161 cm³/mol. The van der Waals surface area contributed by atoms with Crippen molar-refractivity contribution in [3.05, 3.63) is 59.2 Å². The molecule has 1 aromatic carbocycles. The van der Waals surface area contributed by atoms with Crippen LogP contribution >= 0.6 is 0 Å². The Kier molecular flexibility index (Phi) is 8.02. The quantitative estimate of drug-likeness (QED) is 0.182. The standard InChI is InChI=1S/C30H38F2N6O2Si/c1-19-28-23(25(30(39)33-2)17-37(28)18-40-10-11-41(4,5)6)14-27(35-19)38-9-7-8-20-12-22(21-15-34-36(3)16-21)24(29(31)32)13-26(20)38/h12-17,29H,7-11,18H2,1-6H3,(H,33,39). The molecule has 0 fully saturated rings. The molecule has 218 valence electrons. The van der Waals surface area contributed by atoms with Gasteiger partial charge in [-0.15, -0.1) is 0 Å². The van der Waals surface area contributed by atoms with Gasteiger partial charge in [-0.2, -0.15) is 5.10 Å². The molecule has 0 spiro atoms. The molecule has 8 nitrogen and oxygen atoms in total. The third kappa shape index (κ3) is 5.92. The molecule has 0 saturated carbocycles. The van der Waals surface area contributed by atoms with Crippen LogP contribution in [0.15, 0.2) is 36.8 Å². The maximum atomic E-state index is 14.3. The molecule has 0 atom stereocenters. The van der Waals surface area contributed by atoms with Crippen molar-refractivity contribution in [3.63, 3.8) is 0 Å². The molecule has 1 amide bonds. The smallest absolute Gasteiger partial charge is 0.264 e. The zero-order valence-corrected chi connectivity index (χ0v) is 25.6. The van der Waals surface area contributed by atoms with Crippen molar-refractivity contribution < 1.29 is 18.3 Å². The summed E-state index contributed by atoms with van der Waals surface area (Å²) in [6.07, 6.45) is 4.17. The van der Waals surface area contributed by atoms with E-state index in [0.29, 0.717) is 42.4 Å². The van der Waals surface area contributed by atoms with Crippen molar-refractivity contribution in [1.82, 2.24) is 24.6 Å². The van der Waals surface area contributed by atoms with E-state index < -0.39 is 14.5 Å². The third-order valence-electron chi connectivity index (χ3n) is 7.61. The van der Waals surface area contributed by atoms with Gasteiger partial charge in [0.1, 0.15) is 12.5 Å². The summed E-state index contributed by atoms with van der Waals surface area (Å²) in [4.78, 5) is 19.8. The number of carbonyl (C=O) groups excluding carboxylic acids is 1. The van der Waals surface area contributed by atoms with Crippen LogP contribution in [0.3, 0.4) is 0 Å². The first-order chi connectivity index (χ1) is 19.5. The highest BCUT2D eigenvalue weighted by atomic mass is 28.3. The fourth-order valence-corrected chi connectivity index (χ4v) is 6.24. The average molecular weight is 581 g/mol. The van der Waals surface area contributed by atoms with Gasteiger partial charge < -0.3 is 19.5 Å². The molecule has 0 aliphatic carbocycles. The van der Waals surface area contributed by atoms with Crippen LogP contribution in [0.1, 0.15) is 40.0 Å². The van der Waals surface area contributed by atoms with Gasteiger partial charge in [0, 0.05) is 69.9 Å². The molecule has 5 rings (SSSR count). The molecule has 1 aliphatic rings.